The molecule has 0 bridgehead atoms. The third kappa shape index (κ3) is 4.97. The summed E-state index contributed by atoms with van der Waals surface area (Å²) < 4.78 is 5.09. The second kappa shape index (κ2) is 7.24. The minimum absolute atomic E-state index is 0.642. The quantitative estimate of drug-likeness (QED) is 0.636. The fourth-order valence-corrected chi connectivity index (χ4v) is 2.30. The van der Waals surface area contributed by atoms with Gasteiger partial charge in [0, 0.05) is 13.7 Å². The summed E-state index contributed by atoms with van der Waals surface area (Å²) in [6.45, 7) is 5.39. The van der Waals surface area contributed by atoms with Gasteiger partial charge in [0.25, 0.3) is 0 Å². The lowest BCUT2D eigenvalue weighted by Gasteiger charge is -2.13. The van der Waals surface area contributed by atoms with Gasteiger partial charge in [-0.15, -0.1) is 0 Å². The summed E-state index contributed by atoms with van der Waals surface area (Å²) in [6.07, 6.45) is 7.24. The number of hydrogen-bond acceptors (Lipinski definition) is 2. The van der Waals surface area contributed by atoms with E-state index in [0.717, 1.165) is 19.1 Å². The molecule has 1 saturated carbocycles. The molecule has 0 radical (unpaired) electrons. The number of methoxy groups -OCH3 is 1. The highest BCUT2D eigenvalue weighted by molar-refractivity contribution is 4.68. The van der Waals surface area contributed by atoms with Crippen LogP contribution in [0.1, 0.15) is 39.0 Å². The number of nitrogens with one attached hydrogen (secondary N) is 1. The molecule has 1 aliphatic carbocycles. The fourth-order valence-electron chi connectivity index (χ4n) is 2.30. The van der Waals surface area contributed by atoms with Crippen LogP contribution >= 0.6 is 0 Å². The Morgan fingerprint density at radius 1 is 1.36 bits per heavy atom. The first-order chi connectivity index (χ1) is 6.83. The largest absolute Gasteiger partial charge is 0.384 e. The van der Waals surface area contributed by atoms with E-state index in [-0.39, 0.29) is 0 Å². The van der Waals surface area contributed by atoms with E-state index in [2.05, 4.69) is 12.2 Å². The highest BCUT2D eigenvalue weighted by Gasteiger charge is 2.13. The zero-order chi connectivity index (χ0) is 10.2. The Labute approximate surface area is 88.4 Å². The monoisotopic (exact) mass is 199 g/mol. The Hall–Kier alpha value is -0.0800. The number of ether oxygens (including phenoxy) is 1. The first-order valence-corrected chi connectivity index (χ1v) is 6.02. The van der Waals surface area contributed by atoms with Crippen LogP contribution in [0.2, 0.25) is 0 Å². The third-order valence-corrected chi connectivity index (χ3v) is 3.15. The maximum absolute atomic E-state index is 5.09. The normalized spacial score (nSPS) is 20.1. The number of hydrogen-bond donors (Lipinski definition) is 1. The predicted molar refractivity (Wildman–Crippen MR) is 60.5 cm³/mol. The average molecular weight is 199 g/mol. The summed E-state index contributed by atoms with van der Waals surface area (Å²) in [6, 6.07) is 0. The van der Waals surface area contributed by atoms with Gasteiger partial charge in [-0.05, 0) is 31.3 Å². The van der Waals surface area contributed by atoms with Crippen molar-refractivity contribution in [2.45, 2.75) is 39.0 Å². The van der Waals surface area contributed by atoms with Crippen LogP contribution in [0.3, 0.4) is 0 Å². The van der Waals surface area contributed by atoms with Crippen molar-refractivity contribution in [2.75, 3.05) is 26.8 Å². The molecular weight excluding hydrogens is 174 g/mol. The molecule has 2 nitrogen and oxygen atoms in total. The molecule has 0 aromatic heterocycles. The maximum atomic E-state index is 5.09. The van der Waals surface area contributed by atoms with Gasteiger partial charge in [0.05, 0.1) is 0 Å². The van der Waals surface area contributed by atoms with E-state index in [1.54, 1.807) is 7.11 Å². The van der Waals surface area contributed by atoms with Crippen molar-refractivity contribution in [3.63, 3.8) is 0 Å². The zero-order valence-corrected chi connectivity index (χ0v) is 9.72. The molecule has 1 N–H and O–H groups in total. The molecule has 1 unspecified atom stereocenters. The smallest absolute Gasteiger partial charge is 0.0499 e. The second-order valence-corrected chi connectivity index (χ2v) is 4.70. The van der Waals surface area contributed by atoms with Crippen LogP contribution in [0.25, 0.3) is 0 Å². The Balaban J connectivity index is 1.88. The molecule has 14 heavy (non-hydrogen) atoms. The van der Waals surface area contributed by atoms with Crippen LogP contribution in [0, 0.1) is 11.8 Å². The summed E-state index contributed by atoms with van der Waals surface area (Å²) >= 11 is 0. The van der Waals surface area contributed by atoms with Gasteiger partial charge in [0.2, 0.25) is 0 Å². The third-order valence-electron chi connectivity index (χ3n) is 3.15. The molecule has 0 spiro atoms. The molecule has 0 aromatic rings. The topological polar surface area (TPSA) is 21.3 Å². The van der Waals surface area contributed by atoms with Crippen LogP contribution in [0.4, 0.5) is 0 Å². The van der Waals surface area contributed by atoms with Gasteiger partial charge in [0.1, 0.15) is 0 Å². The van der Waals surface area contributed by atoms with E-state index in [0.29, 0.717) is 5.92 Å². The molecule has 2 heteroatoms. The van der Waals surface area contributed by atoms with E-state index in [4.69, 9.17) is 4.74 Å². The standard InChI is InChI=1S/C12H25NO/c1-11(10-14-2)9-13-8-7-12-5-3-4-6-12/h11-13H,3-10H2,1-2H3. The van der Waals surface area contributed by atoms with Crippen molar-refractivity contribution in [3.8, 4) is 0 Å². The van der Waals surface area contributed by atoms with Crippen molar-refractivity contribution in [3.05, 3.63) is 0 Å². The highest BCUT2D eigenvalue weighted by atomic mass is 16.5. The molecule has 0 aliphatic heterocycles. The van der Waals surface area contributed by atoms with Gasteiger partial charge in [-0.3, -0.25) is 0 Å². The lowest BCUT2D eigenvalue weighted by molar-refractivity contribution is 0.158. The van der Waals surface area contributed by atoms with Crippen molar-refractivity contribution in [1.82, 2.24) is 5.32 Å². The maximum Gasteiger partial charge on any atom is 0.0499 e. The Kier molecular flexibility index (Phi) is 6.20. The highest BCUT2D eigenvalue weighted by Crippen LogP contribution is 2.26. The minimum Gasteiger partial charge on any atom is -0.384 e. The molecule has 1 fully saturated rings. The summed E-state index contributed by atoms with van der Waals surface area (Å²) in [4.78, 5) is 0. The lowest BCUT2D eigenvalue weighted by atomic mass is 10.0. The van der Waals surface area contributed by atoms with Crippen LogP contribution in [0.15, 0.2) is 0 Å². The predicted octanol–water partition coefficient (Wildman–Crippen LogP) is 2.44. The average Bonchev–Trinajstić information content (AvgIpc) is 2.65. The summed E-state index contributed by atoms with van der Waals surface area (Å²) in [5, 5.41) is 3.52. The lowest BCUT2D eigenvalue weighted by Crippen LogP contribution is -2.25. The Morgan fingerprint density at radius 2 is 2.07 bits per heavy atom. The van der Waals surface area contributed by atoms with Crippen molar-refractivity contribution in [1.29, 1.82) is 0 Å². The summed E-state index contributed by atoms with van der Waals surface area (Å²) in [5.74, 6) is 1.66. The molecule has 1 atom stereocenters. The fraction of sp³-hybridized carbons (Fsp3) is 1.00. The van der Waals surface area contributed by atoms with Gasteiger partial charge < -0.3 is 10.1 Å². The summed E-state index contributed by atoms with van der Waals surface area (Å²) in [7, 11) is 1.77. The van der Waals surface area contributed by atoms with Crippen molar-refractivity contribution < 1.29 is 4.74 Å². The molecule has 0 heterocycles. The molecule has 84 valence electrons. The Morgan fingerprint density at radius 3 is 2.71 bits per heavy atom. The second-order valence-electron chi connectivity index (χ2n) is 4.70. The van der Waals surface area contributed by atoms with Crippen LogP contribution < -0.4 is 5.32 Å². The molecule has 0 saturated heterocycles. The Bertz CT molecular complexity index is 132. The number of rotatable bonds is 7. The van der Waals surface area contributed by atoms with E-state index in [1.807, 2.05) is 0 Å². The molecular formula is C12H25NO. The first kappa shape index (κ1) is 12.0. The van der Waals surface area contributed by atoms with Gasteiger partial charge in [-0.1, -0.05) is 32.6 Å². The van der Waals surface area contributed by atoms with Crippen molar-refractivity contribution >= 4 is 0 Å². The first-order valence-electron chi connectivity index (χ1n) is 6.02. The van der Waals surface area contributed by atoms with Gasteiger partial charge in [-0.25, -0.2) is 0 Å². The van der Waals surface area contributed by atoms with Crippen LogP contribution in [0.5, 0.6) is 0 Å². The van der Waals surface area contributed by atoms with E-state index >= 15 is 0 Å². The van der Waals surface area contributed by atoms with Crippen LogP contribution in [-0.4, -0.2) is 26.8 Å². The molecule has 1 aliphatic rings. The van der Waals surface area contributed by atoms with E-state index in [1.165, 1.54) is 38.6 Å². The van der Waals surface area contributed by atoms with Crippen molar-refractivity contribution in [2.24, 2.45) is 11.8 Å². The molecule has 1 rings (SSSR count). The SMILES string of the molecule is COCC(C)CNCCC1CCCC1. The minimum atomic E-state index is 0.642. The van der Waals surface area contributed by atoms with Gasteiger partial charge >= 0.3 is 0 Å². The van der Waals surface area contributed by atoms with Crippen LogP contribution in [-0.2, 0) is 4.74 Å². The van der Waals surface area contributed by atoms with Gasteiger partial charge in [0.15, 0.2) is 0 Å². The molecule has 0 aromatic carbocycles. The zero-order valence-electron chi connectivity index (χ0n) is 9.72. The summed E-state index contributed by atoms with van der Waals surface area (Å²) in [5.41, 5.74) is 0. The van der Waals surface area contributed by atoms with E-state index in [9.17, 15) is 0 Å². The molecule has 0 amide bonds. The van der Waals surface area contributed by atoms with Gasteiger partial charge in [-0.2, -0.15) is 0 Å². The van der Waals surface area contributed by atoms with E-state index < -0.39 is 0 Å².